The van der Waals surface area contributed by atoms with Crippen LogP contribution in [0.4, 0.5) is 5.00 Å². The molecule has 0 saturated heterocycles. The Balaban J connectivity index is 1.61. The van der Waals surface area contributed by atoms with E-state index in [2.05, 4.69) is 15.7 Å². The van der Waals surface area contributed by atoms with Crippen LogP contribution in [0.2, 0.25) is 5.02 Å². The number of methoxy groups -OCH3 is 1. The fraction of sp³-hybridized carbons (Fsp3) is 0.526. The largest absolute Gasteiger partial charge is 0.465 e. The highest BCUT2D eigenvalue weighted by molar-refractivity contribution is 7.80. The van der Waals surface area contributed by atoms with E-state index in [-0.39, 0.29) is 5.97 Å². The Bertz CT molecular complexity index is 834. The molecule has 9 heteroatoms. The SMILES string of the molecule is COC(=O)c1c(NC(=S)NCCCn2cc(Cl)cn2)sc2c1CCCCCC2. The summed E-state index contributed by atoms with van der Waals surface area (Å²) in [6.07, 6.45) is 10.9. The molecular formula is C19H25ClN4O2S2. The molecule has 0 saturated carbocycles. The lowest BCUT2D eigenvalue weighted by Crippen LogP contribution is -2.30. The second kappa shape index (κ2) is 10.2. The average Bonchev–Trinajstić information content (AvgIpc) is 3.21. The summed E-state index contributed by atoms with van der Waals surface area (Å²) in [7, 11) is 1.43. The maximum atomic E-state index is 12.4. The zero-order valence-corrected chi connectivity index (χ0v) is 18.3. The molecule has 6 nitrogen and oxygen atoms in total. The van der Waals surface area contributed by atoms with E-state index >= 15 is 0 Å². The van der Waals surface area contributed by atoms with E-state index in [0.717, 1.165) is 49.2 Å². The van der Waals surface area contributed by atoms with Gasteiger partial charge in [0.2, 0.25) is 0 Å². The second-order valence-electron chi connectivity index (χ2n) is 6.77. The molecule has 1 aliphatic rings. The van der Waals surface area contributed by atoms with Crippen LogP contribution in [0.5, 0.6) is 0 Å². The minimum absolute atomic E-state index is 0.293. The molecule has 28 heavy (non-hydrogen) atoms. The number of halogens is 1. The number of anilines is 1. The van der Waals surface area contributed by atoms with Crippen LogP contribution in [0.15, 0.2) is 12.4 Å². The Hall–Kier alpha value is -1.64. The number of fused-ring (bicyclic) bond motifs is 1. The lowest BCUT2D eigenvalue weighted by molar-refractivity contribution is 0.0601. The third-order valence-corrected chi connectivity index (χ3v) is 6.39. The highest BCUT2D eigenvalue weighted by Crippen LogP contribution is 2.37. The summed E-state index contributed by atoms with van der Waals surface area (Å²) in [5.41, 5.74) is 1.79. The number of rotatable bonds is 6. The smallest absolute Gasteiger partial charge is 0.341 e. The molecule has 3 rings (SSSR count). The Morgan fingerprint density at radius 2 is 2.14 bits per heavy atom. The predicted octanol–water partition coefficient (Wildman–Crippen LogP) is 4.42. The van der Waals surface area contributed by atoms with Crippen molar-refractivity contribution in [2.45, 2.75) is 51.5 Å². The van der Waals surface area contributed by atoms with E-state index in [0.29, 0.717) is 22.2 Å². The van der Waals surface area contributed by atoms with Crippen molar-refractivity contribution >= 4 is 51.2 Å². The van der Waals surface area contributed by atoms with Crippen LogP contribution in [0.1, 0.15) is 52.9 Å². The first kappa shape index (κ1) is 21.1. The minimum Gasteiger partial charge on any atom is -0.465 e. The van der Waals surface area contributed by atoms with Gasteiger partial charge in [-0.05, 0) is 49.9 Å². The molecule has 2 N–H and O–H groups in total. The van der Waals surface area contributed by atoms with E-state index in [4.69, 9.17) is 28.6 Å². The number of carbonyl (C=O) groups excluding carboxylic acids is 1. The Morgan fingerprint density at radius 1 is 1.36 bits per heavy atom. The number of esters is 1. The van der Waals surface area contributed by atoms with Gasteiger partial charge in [0, 0.05) is 24.2 Å². The van der Waals surface area contributed by atoms with Gasteiger partial charge < -0.3 is 15.4 Å². The topological polar surface area (TPSA) is 68.2 Å². The molecule has 1 aliphatic carbocycles. The first-order chi connectivity index (χ1) is 13.6. The number of thiophene rings is 1. The monoisotopic (exact) mass is 440 g/mol. The lowest BCUT2D eigenvalue weighted by Gasteiger charge is -2.12. The van der Waals surface area contributed by atoms with E-state index < -0.39 is 0 Å². The summed E-state index contributed by atoms with van der Waals surface area (Å²) < 4.78 is 6.85. The highest BCUT2D eigenvalue weighted by atomic mass is 35.5. The van der Waals surface area contributed by atoms with Crippen molar-refractivity contribution in [1.82, 2.24) is 15.1 Å². The van der Waals surface area contributed by atoms with Crippen LogP contribution in [-0.2, 0) is 24.1 Å². The quantitative estimate of drug-likeness (QED) is 0.393. The van der Waals surface area contributed by atoms with Crippen LogP contribution in [-0.4, -0.2) is 34.5 Å². The zero-order chi connectivity index (χ0) is 19.9. The van der Waals surface area contributed by atoms with Crippen LogP contribution in [0.25, 0.3) is 0 Å². The van der Waals surface area contributed by atoms with Crippen LogP contribution in [0.3, 0.4) is 0 Å². The standard InChI is InChI=1S/C19H25ClN4O2S2/c1-26-18(25)16-14-7-4-2-3-5-8-15(14)28-17(16)23-19(27)21-9-6-10-24-12-13(20)11-22-24/h11-12H,2-10H2,1H3,(H2,21,23,27). The van der Waals surface area contributed by atoms with Crippen molar-refractivity contribution in [3.63, 3.8) is 0 Å². The van der Waals surface area contributed by atoms with E-state index in [1.54, 1.807) is 28.4 Å². The molecule has 0 spiro atoms. The van der Waals surface area contributed by atoms with Gasteiger partial charge in [-0.1, -0.05) is 24.4 Å². The van der Waals surface area contributed by atoms with Gasteiger partial charge in [-0.25, -0.2) is 4.79 Å². The molecule has 0 bridgehead atoms. The molecule has 0 fully saturated rings. The van der Waals surface area contributed by atoms with Gasteiger partial charge in [-0.2, -0.15) is 5.10 Å². The molecule has 2 aromatic heterocycles. The third-order valence-electron chi connectivity index (χ3n) is 4.74. The van der Waals surface area contributed by atoms with Crippen molar-refractivity contribution in [3.05, 3.63) is 33.4 Å². The minimum atomic E-state index is -0.293. The highest BCUT2D eigenvalue weighted by Gasteiger charge is 2.25. The Labute approximate surface area is 179 Å². The zero-order valence-electron chi connectivity index (χ0n) is 15.9. The number of nitrogens with zero attached hydrogens (tertiary/aromatic N) is 2. The molecule has 0 atom stereocenters. The van der Waals surface area contributed by atoms with Crippen LogP contribution >= 0.6 is 35.2 Å². The number of aromatic nitrogens is 2. The van der Waals surface area contributed by atoms with Crippen molar-refractivity contribution in [2.24, 2.45) is 0 Å². The van der Waals surface area contributed by atoms with Gasteiger partial charge in [0.05, 0.1) is 23.9 Å². The maximum absolute atomic E-state index is 12.4. The van der Waals surface area contributed by atoms with Crippen molar-refractivity contribution in [2.75, 3.05) is 19.0 Å². The van der Waals surface area contributed by atoms with Gasteiger partial charge in [-0.3, -0.25) is 4.68 Å². The normalized spacial score (nSPS) is 13.9. The average molecular weight is 441 g/mol. The molecule has 0 aromatic carbocycles. The summed E-state index contributed by atoms with van der Waals surface area (Å²) in [4.78, 5) is 13.7. The summed E-state index contributed by atoms with van der Waals surface area (Å²) in [6.45, 7) is 1.45. The Morgan fingerprint density at radius 3 is 2.86 bits per heavy atom. The number of carbonyl (C=O) groups is 1. The summed E-state index contributed by atoms with van der Waals surface area (Å²) in [5.74, 6) is -0.293. The fourth-order valence-corrected chi connectivity index (χ4v) is 5.08. The number of hydrogen-bond donors (Lipinski definition) is 2. The molecular weight excluding hydrogens is 416 g/mol. The summed E-state index contributed by atoms with van der Waals surface area (Å²) in [5, 5.41) is 12.5. The molecule has 0 aliphatic heterocycles. The van der Waals surface area contributed by atoms with Gasteiger partial charge in [-0.15, -0.1) is 11.3 Å². The summed E-state index contributed by atoms with van der Waals surface area (Å²) >= 11 is 12.9. The molecule has 0 radical (unpaired) electrons. The molecule has 0 amide bonds. The van der Waals surface area contributed by atoms with Gasteiger partial charge in [0.15, 0.2) is 5.11 Å². The molecule has 2 aromatic rings. The third kappa shape index (κ3) is 5.46. The van der Waals surface area contributed by atoms with Gasteiger partial charge in [0.25, 0.3) is 0 Å². The molecule has 152 valence electrons. The van der Waals surface area contributed by atoms with E-state index in [9.17, 15) is 4.79 Å². The van der Waals surface area contributed by atoms with Gasteiger partial charge in [0.1, 0.15) is 5.00 Å². The van der Waals surface area contributed by atoms with Crippen molar-refractivity contribution in [1.29, 1.82) is 0 Å². The maximum Gasteiger partial charge on any atom is 0.341 e. The van der Waals surface area contributed by atoms with Crippen LogP contribution < -0.4 is 10.6 Å². The first-order valence-corrected chi connectivity index (χ1v) is 11.1. The lowest BCUT2D eigenvalue weighted by atomic mass is 9.96. The van der Waals surface area contributed by atoms with Gasteiger partial charge >= 0.3 is 5.97 Å². The summed E-state index contributed by atoms with van der Waals surface area (Å²) in [6, 6.07) is 0. The Kier molecular flexibility index (Phi) is 7.70. The molecule has 2 heterocycles. The fourth-order valence-electron chi connectivity index (χ4n) is 3.38. The number of thiocarbonyl (C=S) groups is 1. The second-order valence-corrected chi connectivity index (χ2v) is 8.72. The van der Waals surface area contributed by atoms with Crippen molar-refractivity contribution < 1.29 is 9.53 Å². The first-order valence-electron chi connectivity index (χ1n) is 9.54. The number of nitrogens with one attached hydrogen (secondary N) is 2. The van der Waals surface area contributed by atoms with Crippen LogP contribution in [0, 0.1) is 0 Å². The van der Waals surface area contributed by atoms with E-state index in [1.807, 2.05) is 0 Å². The number of hydrogen-bond acceptors (Lipinski definition) is 5. The van der Waals surface area contributed by atoms with E-state index in [1.165, 1.54) is 24.8 Å². The van der Waals surface area contributed by atoms with Crippen molar-refractivity contribution in [3.8, 4) is 0 Å². The molecule has 0 unspecified atom stereocenters. The predicted molar refractivity (Wildman–Crippen MR) is 118 cm³/mol. The number of ether oxygens (including phenoxy) is 1. The number of aryl methyl sites for hydroxylation is 2.